The minimum atomic E-state index is -3.63. The van der Waals surface area contributed by atoms with Crippen LogP contribution in [0.3, 0.4) is 0 Å². The molecule has 2 fully saturated rings. The summed E-state index contributed by atoms with van der Waals surface area (Å²) in [6.07, 6.45) is 2.72. The van der Waals surface area contributed by atoms with E-state index < -0.39 is 10.0 Å². The van der Waals surface area contributed by atoms with Crippen LogP contribution in [0.5, 0.6) is 0 Å². The van der Waals surface area contributed by atoms with Crippen molar-refractivity contribution in [2.24, 2.45) is 5.92 Å². The van der Waals surface area contributed by atoms with E-state index in [0.717, 1.165) is 33.8 Å². The molecule has 0 bridgehead atoms. The lowest BCUT2D eigenvalue weighted by molar-refractivity contribution is 0.422. The monoisotopic (exact) mass is 532 g/mol. The maximum atomic E-state index is 13.4. The van der Waals surface area contributed by atoms with Crippen LogP contribution >= 0.6 is 11.3 Å². The standard InChI is InChI=1S/C28H25FN4O2S2/c1-18-11-25(32-22-9-7-21(29)8-10-22)20(13-30)12-23(18)28-16-33(37(34,35)26-14-31-17-36-26)15-24(28)27(28)19-5-3-2-4-6-19/h2-14,17,24,27,30,32H,15-16H2,1H3/t24-,27-,28+/m1/s1. The highest BCUT2D eigenvalue weighted by atomic mass is 32.2. The molecule has 4 aromatic rings. The first-order valence-corrected chi connectivity index (χ1v) is 14.3. The van der Waals surface area contributed by atoms with Crippen molar-refractivity contribution >= 4 is 38.9 Å². The summed E-state index contributed by atoms with van der Waals surface area (Å²) in [6, 6.07) is 20.4. The van der Waals surface area contributed by atoms with E-state index in [1.54, 1.807) is 21.9 Å². The summed E-state index contributed by atoms with van der Waals surface area (Å²) in [5.74, 6) is 0.00912. The Labute approximate surface area is 219 Å². The summed E-state index contributed by atoms with van der Waals surface area (Å²) in [6.45, 7) is 2.85. The fraction of sp³-hybridized carbons (Fsp3) is 0.214. The van der Waals surface area contributed by atoms with Crippen LogP contribution in [-0.2, 0) is 15.4 Å². The normalized spacial score (nSPS) is 23.0. The molecule has 0 unspecified atom stereocenters. The molecule has 3 aromatic carbocycles. The van der Waals surface area contributed by atoms with Crippen LogP contribution in [-0.4, -0.2) is 37.0 Å². The van der Waals surface area contributed by atoms with E-state index in [9.17, 15) is 12.8 Å². The number of aromatic nitrogens is 1. The van der Waals surface area contributed by atoms with Crippen LogP contribution in [0.4, 0.5) is 15.8 Å². The summed E-state index contributed by atoms with van der Waals surface area (Å²) in [7, 11) is -3.63. The third-order valence-electron chi connectivity index (χ3n) is 7.69. The molecule has 9 heteroatoms. The van der Waals surface area contributed by atoms with Gasteiger partial charge in [-0.15, -0.1) is 11.3 Å². The van der Waals surface area contributed by atoms with Crippen LogP contribution < -0.4 is 5.32 Å². The molecule has 0 amide bonds. The average molecular weight is 533 g/mol. The van der Waals surface area contributed by atoms with E-state index in [1.165, 1.54) is 30.1 Å². The summed E-state index contributed by atoms with van der Waals surface area (Å²) in [5.41, 5.74) is 6.62. The van der Waals surface area contributed by atoms with Gasteiger partial charge in [-0.3, -0.25) is 4.98 Å². The second kappa shape index (κ2) is 8.86. The number of fused-ring (bicyclic) bond motifs is 1. The molecule has 1 saturated carbocycles. The van der Waals surface area contributed by atoms with Crippen molar-refractivity contribution in [3.05, 3.63) is 107 Å². The number of thiazole rings is 1. The summed E-state index contributed by atoms with van der Waals surface area (Å²) in [5, 5.41) is 11.4. The quantitative estimate of drug-likeness (QED) is 0.300. The van der Waals surface area contributed by atoms with Crippen LogP contribution in [0.2, 0.25) is 0 Å². The summed E-state index contributed by atoms with van der Waals surface area (Å²) < 4.78 is 42.0. The number of halogens is 1. The Morgan fingerprint density at radius 2 is 1.92 bits per heavy atom. The second-order valence-electron chi connectivity index (χ2n) is 9.68. The molecule has 37 heavy (non-hydrogen) atoms. The minimum Gasteiger partial charge on any atom is -0.355 e. The van der Waals surface area contributed by atoms with Crippen molar-refractivity contribution in [2.45, 2.75) is 22.5 Å². The number of hydrogen-bond acceptors (Lipinski definition) is 6. The number of aryl methyl sites for hydroxylation is 1. The predicted molar refractivity (Wildman–Crippen MR) is 144 cm³/mol. The van der Waals surface area contributed by atoms with Gasteiger partial charge < -0.3 is 10.7 Å². The smallest absolute Gasteiger partial charge is 0.254 e. The van der Waals surface area contributed by atoms with Crippen molar-refractivity contribution < 1.29 is 12.8 Å². The molecule has 6 nitrogen and oxygen atoms in total. The molecular formula is C28H25FN4O2S2. The molecule has 0 spiro atoms. The van der Waals surface area contributed by atoms with E-state index in [2.05, 4.69) is 22.4 Å². The third-order valence-corrected chi connectivity index (χ3v) is 10.7. The number of benzene rings is 3. The summed E-state index contributed by atoms with van der Waals surface area (Å²) in [4.78, 5) is 3.97. The van der Waals surface area contributed by atoms with Gasteiger partial charge in [0.15, 0.2) is 4.21 Å². The summed E-state index contributed by atoms with van der Waals surface area (Å²) >= 11 is 1.14. The van der Waals surface area contributed by atoms with Crippen LogP contribution in [0.1, 0.15) is 28.2 Å². The van der Waals surface area contributed by atoms with Gasteiger partial charge in [0.2, 0.25) is 0 Å². The van der Waals surface area contributed by atoms with Crippen molar-refractivity contribution in [3.63, 3.8) is 0 Å². The molecule has 1 aromatic heterocycles. The number of hydrogen-bond donors (Lipinski definition) is 2. The Hall–Kier alpha value is -3.40. The molecule has 1 aliphatic carbocycles. The highest BCUT2D eigenvalue weighted by Gasteiger charge is 2.71. The number of anilines is 2. The van der Waals surface area contributed by atoms with Gasteiger partial charge in [-0.2, -0.15) is 4.31 Å². The number of piperidine rings is 1. The van der Waals surface area contributed by atoms with Crippen molar-refractivity contribution in [1.29, 1.82) is 5.41 Å². The maximum absolute atomic E-state index is 13.4. The molecule has 2 N–H and O–H groups in total. The Bertz CT molecular complexity index is 1570. The molecule has 188 valence electrons. The largest absolute Gasteiger partial charge is 0.355 e. The maximum Gasteiger partial charge on any atom is 0.254 e. The molecule has 2 aliphatic rings. The van der Waals surface area contributed by atoms with Gasteiger partial charge in [0.05, 0.1) is 11.7 Å². The Balaban J connectivity index is 1.41. The fourth-order valence-corrected chi connectivity index (χ4v) is 8.47. The lowest BCUT2D eigenvalue weighted by atomic mass is 9.86. The molecular weight excluding hydrogens is 507 g/mol. The van der Waals surface area contributed by atoms with Gasteiger partial charge in [0.1, 0.15) is 5.82 Å². The van der Waals surface area contributed by atoms with E-state index in [-0.39, 0.29) is 27.3 Å². The topological polar surface area (TPSA) is 86.2 Å². The van der Waals surface area contributed by atoms with Gasteiger partial charge >= 0.3 is 0 Å². The Morgan fingerprint density at radius 3 is 2.59 bits per heavy atom. The van der Waals surface area contributed by atoms with Crippen LogP contribution in [0.15, 0.2) is 82.6 Å². The molecule has 1 saturated heterocycles. The van der Waals surface area contributed by atoms with Crippen LogP contribution in [0, 0.1) is 24.1 Å². The Morgan fingerprint density at radius 1 is 1.16 bits per heavy atom. The molecule has 6 rings (SSSR count). The molecule has 2 heterocycles. The van der Waals surface area contributed by atoms with Gasteiger partial charge in [-0.1, -0.05) is 30.3 Å². The SMILES string of the molecule is Cc1cc(Nc2ccc(F)cc2)c(C=N)cc1[C@@]12CN(S(=O)(=O)c3cncs3)C[C@@H]1[C@H]2c1ccccc1. The zero-order chi connectivity index (χ0) is 25.8. The van der Waals surface area contributed by atoms with Gasteiger partial charge in [-0.05, 0) is 65.9 Å². The van der Waals surface area contributed by atoms with E-state index in [4.69, 9.17) is 5.41 Å². The molecule has 0 radical (unpaired) electrons. The van der Waals surface area contributed by atoms with Gasteiger partial charge in [0.25, 0.3) is 10.0 Å². The predicted octanol–water partition coefficient (Wildman–Crippen LogP) is 5.69. The van der Waals surface area contributed by atoms with E-state index in [0.29, 0.717) is 18.7 Å². The minimum absolute atomic E-state index is 0.130. The zero-order valence-electron chi connectivity index (χ0n) is 20.1. The van der Waals surface area contributed by atoms with Gasteiger partial charge in [-0.25, -0.2) is 12.8 Å². The number of nitrogens with one attached hydrogen (secondary N) is 2. The van der Waals surface area contributed by atoms with E-state index in [1.807, 2.05) is 37.3 Å². The highest BCUT2D eigenvalue weighted by molar-refractivity contribution is 7.91. The number of rotatable bonds is 7. The number of nitrogens with zero attached hydrogens (tertiary/aromatic N) is 2. The zero-order valence-corrected chi connectivity index (χ0v) is 21.7. The molecule has 3 atom stereocenters. The highest BCUT2D eigenvalue weighted by Crippen LogP contribution is 2.70. The third kappa shape index (κ3) is 3.89. The first-order valence-electron chi connectivity index (χ1n) is 12.0. The fourth-order valence-electron chi connectivity index (χ4n) is 6.01. The average Bonchev–Trinajstić information content (AvgIpc) is 3.27. The number of sulfonamides is 1. The van der Waals surface area contributed by atoms with Crippen molar-refractivity contribution in [1.82, 2.24) is 9.29 Å². The van der Waals surface area contributed by atoms with Crippen LogP contribution in [0.25, 0.3) is 0 Å². The molecule has 1 aliphatic heterocycles. The lowest BCUT2D eigenvalue weighted by Gasteiger charge is -2.25. The first-order chi connectivity index (χ1) is 17.8. The second-order valence-corrected chi connectivity index (χ2v) is 12.7. The first kappa shape index (κ1) is 24.0. The van der Waals surface area contributed by atoms with Crippen molar-refractivity contribution in [3.8, 4) is 0 Å². The van der Waals surface area contributed by atoms with Crippen molar-refractivity contribution in [2.75, 3.05) is 18.4 Å². The Kier molecular flexibility index (Phi) is 5.74. The van der Waals surface area contributed by atoms with Gasteiger partial charge in [0, 0.05) is 47.6 Å². The van der Waals surface area contributed by atoms with E-state index >= 15 is 0 Å². The lowest BCUT2D eigenvalue weighted by Crippen LogP contribution is -2.34.